The molecule has 2 aromatic rings. The zero-order chi connectivity index (χ0) is 18.5. The maximum atomic E-state index is 11.7. The molecule has 136 valence electrons. The number of nitrogens with zero attached hydrogens (tertiary/aromatic N) is 1. The molecule has 2 aromatic carbocycles. The maximum Gasteiger partial charge on any atom is 0.293 e. The number of nitrogens with one attached hydrogen (secondary N) is 2. The normalized spacial score (nSPS) is 19.1. The number of carbonyl (C=O) groups excluding carboxylic acids is 1. The zero-order valence-corrected chi connectivity index (χ0v) is 14.5. The summed E-state index contributed by atoms with van der Waals surface area (Å²) in [6.07, 6.45) is 0.865. The van der Waals surface area contributed by atoms with E-state index in [2.05, 4.69) is 10.6 Å². The quantitative estimate of drug-likeness (QED) is 0.613. The van der Waals surface area contributed by atoms with Gasteiger partial charge in [-0.05, 0) is 24.1 Å². The Bertz CT molecular complexity index is 795. The van der Waals surface area contributed by atoms with Crippen LogP contribution in [-0.4, -0.2) is 31.0 Å². The Labute approximate surface area is 151 Å². The molecule has 0 aliphatic carbocycles. The molecule has 1 heterocycles. The minimum Gasteiger partial charge on any atom is -0.379 e. The predicted octanol–water partition coefficient (Wildman–Crippen LogP) is 3.14. The number of nitro groups is 1. The number of ether oxygens (including phenoxy) is 1. The molecule has 7 heteroatoms. The summed E-state index contributed by atoms with van der Waals surface area (Å²) in [6, 6.07) is 14.4. The number of benzene rings is 2. The molecule has 0 aromatic heterocycles. The maximum absolute atomic E-state index is 11.7. The van der Waals surface area contributed by atoms with E-state index in [9.17, 15) is 14.9 Å². The van der Waals surface area contributed by atoms with E-state index in [1.807, 2.05) is 30.3 Å². The zero-order valence-electron chi connectivity index (χ0n) is 14.5. The van der Waals surface area contributed by atoms with E-state index in [1.54, 1.807) is 12.1 Å². The number of amides is 1. The minimum atomic E-state index is -0.478. The van der Waals surface area contributed by atoms with Crippen LogP contribution in [0.3, 0.4) is 0 Å². The van der Waals surface area contributed by atoms with Gasteiger partial charge in [0.05, 0.1) is 11.0 Å². The van der Waals surface area contributed by atoms with Crippen molar-refractivity contribution in [3.05, 3.63) is 69.8 Å². The van der Waals surface area contributed by atoms with Crippen molar-refractivity contribution < 1.29 is 14.5 Å². The van der Waals surface area contributed by atoms with E-state index in [0.717, 1.165) is 12.0 Å². The first-order chi connectivity index (χ1) is 12.6. The molecule has 0 bridgehead atoms. The molecule has 26 heavy (non-hydrogen) atoms. The molecule has 1 aliphatic heterocycles. The monoisotopic (exact) mass is 355 g/mol. The number of anilines is 1. The van der Waals surface area contributed by atoms with Gasteiger partial charge >= 0.3 is 0 Å². The van der Waals surface area contributed by atoms with Gasteiger partial charge in [-0.3, -0.25) is 14.9 Å². The van der Waals surface area contributed by atoms with Gasteiger partial charge in [-0.15, -0.1) is 0 Å². The number of rotatable bonds is 6. The van der Waals surface area contributed by atoms with Crippen molar-refractivity contribution in [1.82, 2.24) is 5.32 Å². The molecule has 1 aliphatic rings. The summed E-state index contributed by atoms with van der Waals surface area (Å²) < 4.78 is 5.86. The molecule has 2 atom stereocenters. The summed E-state index contributed by atoms with van der Waals surface area (Å²) in [5, 5.41) is 17.0. The first-order valence-electron chi connectivity index (χ1n) is 8.51. The lowest BCUT2D eigenvalue weighted by Gasteiger charge is -2.20. The SMILES string of the molecule is CNC(=O)c1ccc(NCC2CCOC2c2ccccc2)c([N+](=O)[O-])c1. The van der Waals surface area contributed by atoms with Crippen molar-refractivity contribution in [3.63, 3.8) is 0 Å². The fourth-order valence-electron chi connectivity index (χ4n) is 3.21. The topological polar surface area (TPSA) is 93.5 Å². The number of hydrogen-bond acceptors (Lipinski definition) is 5. The lowest BCUT2D eigenvalue weighted by molar-refractivity contribution is -0.384. The van der Waals surface area contributed by atoms with Gasteiger partial charge in [0.2, 0.25) is 0 Å². The van der Waals surface area contributed by atoms with Gasteiger partial charge in [-0.1, -0.05) is 30.3 Å². The molecule has 1 amide bonds. The molecule has 0 saturated carbocycles. The highest BCUT2D eigenvalue weighted by molar-refractivity contribution is 5.95. The Morgan fingerprint density at radius 1 is 1.27 bits per heavy atom. The minimum absolute atomic E-state index is 0.0205. The van der Waals surface area contributed by atoms with Crippen LogP contribution >= 0.6 is 0 Å². The third kappa shape index (κ3) is 3.83. The molecular weight excluding hydrogens is 334 g/mol. The van der Waals surface area contributed by atoms with Gasteiger partial charge < -0.3 is 15.4 Å². The molecule has 0 radical (unpaired) electrons. The second kappa shape index (κ2) is 7.97. The van der Waals surface area contributed by atoms with E-state index in [1.165, 1.54) is 13.1 Å². The molecule has 1 saturated heterocycles. The molecule has 1 fully saturated rings. The van der Waals surface area contributed by atoms with Crippen molar-refractivity contribution in [2.45, 2.75) is 12.5 Å². The highest BCUT2D eigenvalue weighted by Gasteiger charge is 2.30. The Kier molecular flexibility index (Phi) is 5.48. The first kappa shape index (κ1) is 17.9. The molecule has 2 N–H and O–H groups in total. The fourth-order valence-corrected chi connectivity index (χ4v) is 3.21. The summed E-state index contributed by atoms with van der Waals surface area (Å²) >= 11 is 0. The van der Waals surface area contributed by atoms with Gasteiger partial charge in [-0.2, -0.15) is 0 Å². The van der Waals surface area contributed by atoms with Gasteiger partial charge in [-0.25, -0.2) is 0 Å². The van der Waals surface area contributed by atoms with Crippen LogP contribution < -0.4 is 10.6 Å². The Balaban J connectivity index is 1.74. The lowest BCUT2D eigenvalue weighted by Crippen LogP contribution is -2.20. The van der Waals surface area contributed by atoms with Crippen molar-refractivity contribution in [2.75, 3.05) is 25.5 Å². The van der Waals surface area contributed by atoms with Crippen molar-refractivity contribution in [1.29, 1.82) is 0 Å². The third-order valence-corrected chi connectivity index (χ3v) is 4.58. The lowest BCUT2D eigenvalue weighted by atomic mass is 9.95. The first-order valence-corrected chi connectivity index (χ1v) is 8.51. The van der Waals surface area contributed by atoms with Crippen LogP contribution in [-0.2, 0) is 4.74 Å². The number of carbonyl (C=O) groups is 1. The summed E-state index contributed by atoms with van der Waals surface area (Å²) in [7, 11) is 1.49. The van der Waals surface area contributed by atoms with E-state index in [0.29, 0.717) is 18.8 Å². The van der Waals surface area contributed by atoms with Crippen molar-refractivity contribution in [3.8, 4) is 0 Å². The number of nitro benzene ring substituents is 1. The van der Waals surface area contributed by atoms with Crippen LogP contribution in [0.4, 0.5) is 11.4 Å². The largest absolute Gasteiger partial charge is 0.379 e. The molecular formula is C19H21N3O4. The van der Waals surface area contributed by atoms with Crippen molar-refractivity contribution >= 4 is 17.3 Å². The average molecular weight is 355 g/mol. The van der Waals surface area contributed by atoms with Crippen LogP contribution in [0, 0.1) is 16.0 Å². The molecule has 2 unspecified atom stereocenters. The van der Waals surface area contributed by atoms with Gasteiger partial charge in [0, 0.05) is 37.7 Å². The van der Waals surface area contributed by atoms with Crippen LogP contribution in [0.2, 0.25) is 0 Å². The van der Waals surface area contributed by atoms with Gasteiger partial charge in [0.1, 0.15) is 5.69 Å². The Morgan fingerprint density at radius 3 is 2.73 bits per heavy atom. The summed E-state index contributed by atoms with van der Waals surface area (Å²) in [4.78, 5) is 22.6. The van der Waals surface area contributed by atoms with E-state index in [-0.39, 0.29) is 29.2 Å². The fraction of sp³-hybridized carbons (Fsp3) is 0.316. The highest BCUT2D eigenvalue weighted by atomic mass is 16.6. The second-order valence-electron chi connectivity index (χ2n) is 6.20. The van der Waals surface area contributed by atoms with E-state index >= 15 is 0 Å². The second-order valence-corrected chi connectivity index (χ2v) is 6.20. The van der Waals surface area contributed by atoms with Gasteiger partial charge in [0.15, 0.2) is 0 Å². The van der Waals surface area contributed by atoms with Crippen LogP contribution in [0.5, 0.6) is 0 Å². The van der Waals surface area contributed by atoms with E-state index in [4.69, 9.17) is 4.74 Å². The smallest absolute Gasteiger partial charge is 0.293 e. The van der Waals surface area contributed by atoms with Crippen molar-refractivity contribution in [2.24, 2.45) is 5.92 Å². The standard InChI is InChI=1S/C19H21N3O4/c1-20-19(23)14-7-8-16(17(11-14)22(24)25)21-12-15-9-10-26-18(15)13-5-3-2-4-6-13/h2-8,11,15,18,21H,9-10,12H2,1H3,(H,20,23). The Hall–Kier alpha value is -2.93. The number of hydrogen-bond donors (Lipinski definition) is 2. The molecule has 0 spiro atoms. The van der Waals surface area contributed by atoms with E-state index < -0.39 is 4.92 Å². The molecule has 7 nitrogen and oxygen atoms in total. The summed E-state index contributed by atoms with van der Waals surface area (Å²) in [5.74, 6) is -0.136. The average Bonchev–Trinajstić information content (AvgIpc) is 3.14. The van der Waals surface area contributed by atoms with Crippen LogP contribution in [0.1, 0.15) is 28.4 Å². The van der Waals surface area contributed by atoms with Gasteiger partial charge in [0.25, 0.3) is 11.6 Å². The van der Waals surface area contributed by atoms with Crippen LogP contribution in [0.25, 0.3) is 0 Å². The highest BCUT2D eigenvalue weighted by Crippen LogP contribution is 2.35. The Morgan fingerprint density at radius 2 is 2.04 bits per heavy atom. The summed E-state index contributed by atoms with van der Waals surface area (Å²) in [5.41, 5.74) is 1.67. The molecule has 3 rings (SSSR count). The summed E-state index contributed by atoms with van der Waals surface area (Å²) in [6.45, 7) is 1.23. The predicted molar refractivity (Wildman–Crippen MR) is 98.2 cm³/mol. The third-order valence-electron chi connectivity index (χ3n) is 4.58. The van der Waals surface area contributed by atoms with Crippen LogP contribution in [0.15, 0.2) is 48.5 Å².